The summed E-state index contributed by atoms with van der Waals surface area (Å²) in [6, 6.07) is 14.4. The molecule has 4 aliphatic heterocycles. The van der Waals surface area contributed by atoms with Crippen molar-refractivity contribution in [2.24, 2.45) is 0 Å². The topological polar surface area (TPSA) is 84.0 Å². The van der Waals surface area contributed by atoms with E-state index in [1.165, 1.54) is 0 Å². The molecule has 2 aromatic rings. The number of urea groups is 2. The molecule has 0 bridgehead atoms. The molecule has 0 aliphatic carbocycles. The minimum atomic E-state index is -1.15. The van der Waals surface area contributed by atoms with Crippen LogP contribution in [0.15, 0.2) is 48.5 Å². The lowest BCUT2D eigenvalue weighted by molar-refractivity contribution is -0.210. The van der Waals surface area contributed by atoms with Gasteiger partial charge in [0.2, 0.25) is 0 Å². The fourth-order valence-electron chi connectivity index (χ4n) is 5.60. The molecule has 166 valence electrons. The lowest BCUT2D eigenvalue weighted by atomic mass is 9.79. The highest BCUT2D eigenvalue weighted by atomic mass is 16.5. The van der Waals surface area contributed by atoms with E-state index < -0.39 is 11.3 Å². The van der Waals surface area contributed by atoms with Gasteiger partial charge in [0.25, 0.3) is 0 Å². The van der Waals surface area contributed by atoms with Crippen LogP contribution in [0.3, 0.4) is 0 Å². The Morgan fingerprint density at radius 2 is 0.938 bits per heavy atom. The van der Waals surface area contributed by atoms with Gasteiger partial charge >= 0.3 is 12.1 Å². The van der Waals surface area contributed by atoms with Crippen molar-refractivity contribution in [2.75, 3.05) is 41.1 Å². The van der Waals surface area contributed by atoms with Crippen molar-refractivity contribution >= 4 is 12.1 Å². The first-order valence-electron chi connectivity index (χ1n) is 10.2. The van der Waals surface area contributed by atoms with Crippen LogP contribution in [0, 0.1) is 0 Å². The van der Waals surface area contributed by atoms with Crippen molar-refractivity contribution in [3.05, 3.63) is 59.7 Å². The van der Waals surface area contributed by atoms with Gasteiger partial charge in [0.1, 0.15) is 38.4 Å². The smallest absolute Gasteiger partial charge is 0.328 e. The Kier molecular flexibility index (Phi) is 3.90. The molecule has 0 aromatic heterocycles. The fraction of sp³-hybridized carbons (Fsp3) is 0.364. The second-order valence-electron chi connectivity index (χ2n) is 8.00. The van der Waals surface area contributed by atoms with Crippen LogP contribution < -0.4 is 9.47 Å². The van der Waals surface area contributed by atoms with Gasteiger partial charge < -0.3 is 18.9 Å². The summed E-state index contributed by atoms with van der Waals surface area (Å²) in [6.45, 7) is 0.210. The summed E-state index contributed by atoms with van der Waals surface area (Å²) in [7, 11) is 3.20. The van der Waals surface area contributed by atoms with Crippen LogP contribution in [-0.4, -0.2) is 72.8 Å². The third-order valence-electron chi connectivity index (χ3n) is 6.84. The molecule has 0 unspecified atom stereocenters. The van der Waals surface area contributed by atoms with E-state index in [1.807, 2.05) is 48.5 Å². The molecule has 0 saturated carbocycles. The maximum Gasteiger partial charge on any atom is 0.328 e. The molecule has 0 atom stereocenters. The van der Waals surface area contributed by atoms with Gasteiger partial charge in [-0.05, 0) is 24.3 Å². The first-order chi connectivity index (χ1) is 15.6. The van der Waals surface area contributed by atoms with Crippen molar-refractivity contribution in [3.63, 3.8) is 0 Å². The molecule has 0 spiro atoms. The molecule has 0 radical (unpaired) electrons. The Morgan fingerprint density at radius 3 is 1.22 bits per heavy atom. The predicted octanol–water partition coefficient (Wildman–Crippen LogP) is 2.08. The van der Waals surface area contributed by atoms with Gasteiger partial charge in [0.15, 0.2) is 11.3 Å². The molecule has 4 aliphatic rings. The third-order valence-corrected chi connectivity index (χ3v) is 6.84. The average molecular weight is 438 g/mol. The van der Waals surface area contributed by atoms with Gasteiger partial charge in [-0.1, -0.05) is 24.3 Å². The molecule has 4 heterocycles. The molecular formula is C22H22N4O6. The maximum absolute atomic E-state index is 13.7. The Bertz CT molecular complexity index is 973. The van der Waals surface area contributed by atoms with Crippen LogP contribution >= 0.6 is 0 Å². The average Bonchev–Trinajstić information content (AvgIpc) is 3.24. The monoisotopic (exact) mass is 438 g/mol. The van der Waals surface area contributed by atoms with Crippen LogP contribution in [0.1, 0.15) is 11.1 Å². The molecule has 10 nitrogen and oxygen atoms in total. The first kappa shape index (κ1) is 19.2. The largest absolute Gasteiger partial charge is 0.497 e. The van der Waals surface area contributed by atoms with Crippen molar-refractivity contribution < 1.29 is 28.5 Å². The van der Waals surface area contributed by atoms with Crippen LogP contribution in [0.5, 0.6) is 11.5 Å². The van der Waals surface area contributed by atoms with Crippen molar-refractivity contribution in [1.29, 1.82) is 0 Å². The van der Waals surface area contributed by atoms with E-state index in [9.17, 15) is 9.59 Å². The van der Waals surface area contributed by atoms with Gasteiger partial charge in [-0.25, -0.2) is 9.59 Å². The summed E-state index contributed by atoms with van der Waals surface area (Å²) in [6.07, 6.45) is 0. The SMILES string of the molecule is COc1ccc(C23N4COCN2C(=O)N2COCN(C4=O)C23c2ccc(OC)cc2)cc1. The zero-order valence-electron chi connectivity index (χ0n) is 17.7. The number of benzene rings is 2. The van der Waals surface area contributed by atoms with Gasteiger partial charge in [-0.15, -0.1) is 0 Å². The minimum absolute atomic E-state index is 0.0525. The van der Waals surface area contributed by atoms with E-state index in [-0.39, 0.29) is 39.0 Å². The fourth-order valence-corrected chi connectivity index (χ4v) is 5.60. The van der Waals surface area contributed by atoms with E-state index in [1.54, 1.807) is 33.8 Å². The van der Waals surface area contributed by atoms with E-state index in [2.05, 4.69) is 0 Å². The van der Waals surface area contributed by atoms with Crippen LogP contribution in [0.25, 0.3) is 0 Å². The number of carbonyl (C=O) groups excluding carboxylic acids is 2. The molecule has 0 N–H and O–H groups in total. The highest BCUT2D eigenvalue weighted by Gasteiger charge is 2.82. The number of amides is 4. The normalized spacial score (nSPS) is 28.3. The second-order valence-corrected chi connectivity index (χ2v) is 8.00. The van der Waals surface area contributed by atoms with E-state index in [0.29, 0.717) is 11.5 Å². The number of ether oxygens (including phenoxy) is 4. The van der Waals surface area contributed by atoms with Gasteiger partial charge in [0.05, 0.1) is 14.2 Å². The molecule has 2 aromatic carbocycles. The molecular weight excluding hydrogens is 416 g/mol. The van der Waals surface area contributed by atoms with Crippen molar-refractivity contribution in [2.45, 2.75) is 11.3 Å². The summed E-state index contributed by atoms with van der Waals surface area (Å²) in [5, 5.41) is 0. The molecule has 4 saturated heterocycles. The quantitative estimate of drug-likeness (QED) is 0.727. The highest BCUT2D eigenvalue weighted by Crippen LogP contribution is 2.63. The standard InChI is InChI=1S/C22H22N4O6/c1-29-17-7-3-15(4-8-17)21-22(16-5-9-18(30-2)10-6-16)25-13-32-14-26(22)20(28)24(21)12-31-11-23(21)19(25)27/h3-10H,11-14H2,1-2H3. The molecule has 4 amide bonds. The van der Waals surface area contributed by atoms with E-state index in [0.717, 1.165) is 11.1 Å². The van der Waals surface area contributed by atoms with Gasteiger partial charge in [-0.3, -0.25) is 19.6 Å². The number of carbonyl (C=O) groups is 2. The number of rotatable bonds is 4. The minimum Gasteiger partial charge on any atom is -0.497 e. The Morgan fingerprint density at radius 1 is 0.625 bits per heavy atom. The van der Waals surface area contributed by atoms with E-state index in [4.69, 9.17) is 18.9 Å². The summed E-state index contributed by atoms with van der Waals surface area (Å²) in [5.74, 6) is 1.37. The van der Waals surface area contributed by atoms with Crippen molar-refractivity contribution in [1.82, 2.24) is 19.6 Å². The molecule has 4 fully saturated rings. The zero-order valence-corrected chi connectivity index (χ0v) is 17.7. The summed E-state index contributed by atoms with van der Waals surface area (Å²) in [5.41, 5.74) is -0.731. The predicted molar refractivity (Wildman–Crippen MR) is 109 cm³/mol. The van der Waals surface area contributed by atoms with E-state index >= 15 is 0 Å². The maximum atomic E-state index is 13.7. The Labute approximate surface area is 184 Å². The summed E-state index contributed by atoms with van der Waals surface area (Å²) < 4.78 is 22.1. The second kappa shape index (κ2) is 6.50. The van der Waals surface area contributed by atoms with Crippen LogP contribution in [0.4, 0.5) is 9.59 Å². The first-order valence-corrected chi connectivity index (χ1v) is 10.2. The Hall–Kier alpha value is -3.50. The Balaban J connectivity index is 1.69. The third kappa shape index (κ3) is 1.97. The molecule has 32 heavy (non-hydrogen) atoms. The summed E-state index contributed by atoms with van der Waals surface area (Å²) >= 11 is 0. The number of nitrogens with zero attached hydrogens (tertiary/aromatic N) is 4. The zero-order chi connectivity index (χ0) is 22.1. The van der Waals surface area contributed by atoms with Gasteiger partial charge in [0, 0.05) is 11.1 Å². The van der Waals surface area contributed by atoms with Gasteiger partial charge in [-0.2, -0.15) is 0 Å². The van der Waals surface area contributed by atoms with Crippen molar-refractivity contribution in [3.8, 4) is 11.5 Å². The number of methoxy groups -OCH3 is 2. The molecule has 10 heteroatoms. The van der Waals surface area contributed by atoms with Crippen LogP contribution in [-0.2, 0) is 20.8 Å². The highest BCUT2D eigenvalue weighted by molar-refractivity contribution is 5.90. The number of hydrogen-bond donors (Lipinski definition) is 0. The number of hydrogen-bond acceptors (Lipinski definition) is 6. The lowest BCUT2D eigenvalue weighted by Gasteiger charge is -2.52. The lowest BCUT2D eigenvalue weighted by Crippen LogP contribution is -2.67. The molecule has 6 rings (SSSR count). The summed E-state index contributed by atoms with van der Waals surface area (Å²) in [4.78, 5) is 33.9. The van der Waals surface area contributed by atoms with Crippen LogP contribution in [0.2, 0.25) is 0 Å².